The van der Waals surface area contributed by atoms with E-state index >= 15 is 0 Å². The molecule has 0 spiro atoms. The molecule has 3 rings (SSSR count). The van der Waals surface area contributed by atoms with Gasteiger partial charge in [-0.1, -0.05) is 42.0 Å². The average Bonchev–Trinajstić information content (AvgIpc) is 2.82. The lowest BCUT2D eigenvalue weighted by molar-refractivity contribution is -0.137. The maximum absolute atomic E-state index is 13.4. The maximum Gasteiger partial charge on any atom is 0.416 e. The van der Waals surface area contributed by atoms with E-state index in [4.69, 9.17) is 4.74 Å². The van der Waals surface area contributed by atoms with Crippen molar-refractivity contribution in [3.05, 3.63) is 89.5 Å². The van der Waals surface area contributed by atoms with Crippen molar-refractivity contribution in [1.82, 2.24) is 5.32 Å². The zero-order chi connectivity index (χ0) is 25.6. The number of para-hydroxylation sites is 1. The second kappa shape index (κ2) is 10.8. The second-order valence-electron chi connectivity index (χ2n) is 7.69. The number of aryl methyl sites for hydroxylation is 1. The van der Waals surface area contributed by atoms with Crippen LogP contribution in [0.2, 0.25) is 0 Å². The first-order chi connectivity index (χ1) is 16.5. The lowest BCUT2D eigenvalue weighted by atomic mass is 10.2. The molecular weight excluding hydrogens is 481 g/mol. The largest absolute Gasteiger partial charge is 0.494 e. The number of anilines is 1. The van der Waals surface area contributed by atoms with Crippen LogP contribution in [0.5, 0.6) is 5.75 Å². The lowest BCUT2D eigenvalue weighted by Crippen LogP contribution is -2.40. The minimum absolute atomic E-state index is 0.0516. The summed E-state index contributed by atoms with van der Waals surface area (Å²) in [7, 11) is -4.35. The first-order valence-corrected chi connectivity index (χ1v) is 12.2. The predicted molar refractivity (Wildman–Crippen MR) is 127 cm³/mol. The van der Waals surface area contributed by atoms with E-state index in [0.29, 0.717) is 28.3 Å². The fraction of sp³-hybridized carbons (Fsp3) is 0.240. The van der Waals surface area contributed by atoms with Crippen LogP contribution < -0.4 is 14.4 Å². The number of carbonyl (C=O) groups excluding carboxylic acids is 1. The molecule has 0 aliphatic heterocycles. The average molecular weight is 507 g/mol. The summed E-state index contributed by atoms with van der Waals surface area (Å²) in [5, 5.41) is 2.63. The first kappa shape index (κ1) is 26.1. The molecule has 0 saturated carbocycles. The monoisotopic (exact) mass is 506 g/mol. The Morgan fingerprint density at radius 3 is 2.34 bits per heavy atom. The standard InChI is InChI=1S/C25H25F3N2O4S/c1-3-34-23-10-5-4-7-19(23)16-29-24(31)17-30(21-9-6-8-20(15-21)25(26,27)28)35(32,33)22-13-11-18(2)12-14-22/h4-15H,3,16-17H2,1-2H3,(H,29,31). The molecule has 0 saturated heterocycles. The highest BCUT2D eigenvalue weighted by atomic mass is 32.2. The third kappa shape index (κ3) is 6.54. The number of hydrogen-bond donors (Lipinski definition) is 1. The molecule has 35 heavy (non-hydrogen) atoms. The molecule has 0 aliphatic carbocycles. The van der Waals surface area contributed by atoms with Crippen LogP contribution in [0.15, 0.2) is 77.7 Å². The van der Waals surface area contributed by atoms with Crippen molar-refractivity contribution >= 4 is 21.6 Å². The number of alkyl halides is 3. The van der Waals surface area contributed by atoms with Crippen LogP contribution in [-0.4, -0.2) is 27.5 Å². The predicted octanol–water partition coefficient (Wildman–Crippen LogP) is 4.92. The highest BCUT2D eigenvalue weighted by molar-refractivity contribution is 7.92. The van der Waals surface area contributed by atoms with Gasteiger partial charge in [0.15, 0.2) is 0 Å². The molecule has 0 heterocycles. The molecule has 0 unspecified atom stereocenters. The number of nitrogens with one attached hydrogen (secondary N) is 1. The summed E-state index contributed by atoms with van der Waals surface area (Å²) in [6, 6.07) is 16.7. The lowest BCUT2D eigenvalue weighted by Gasteiger charge is -2.25. The van der Waals surface area contributed by atoms with Gasteiger partial charge in [-0.15, -0.1) is 0 Å². The van der Waals surface area contributed by atoms with Crippen LogP contribution in [0, 0.1) is 6.92 Å². The van der Waals surface area contributed by atoms with Crippen LogP contribution >= 0.6 is 0 Å². The Hall–Kier alpha value is -3.53. The van der Waals surface area contributed by atoms with Crippen molar-refractivity contribution in [3.63, 3.8) is 0 Å². The fourth-order valence-electron chi connectivity index (χ4n) is 3.32. The van der Waals surface area contributed by atoms with E-state index in [2.05, 4.69) is 5.32 Å². The van der Waals surface area contributed by atoms with E-state index in [1.54, 1.807) is 43.3 Å². The molecule has 0 radical (unpaired) electrons. The van der Waals surface area contributed by atoms with Gasteiger partial charge >= 0.3 is 6.18 Å². The van der Waals surface area contributed by atoms with E-state index in [1.165, 1.54) is 18.2 Å². The molecule has 0 aliphatic rings. The molecule has 186 valence electrons. The van der Waals surface area contributed by atoms with E-state index in [1.807, 2.05) is 6.92 Å². The van der Waals surface area contributed by atoms with Crippen LogP contribution in [0.4, 0.5) is 18.9 Å². The van der Waals surface area contributed by atoms with Gasteiger partial charge in [-0.25, -0.2) is 8.42 Å². The van der Waals surface area contributed by atoms with Crippen LogP contribution in [0.25, 0.3) is 0 Å². The molecule has 0 fully saturated rings. The molecule has 6 nitrogen and oxygen atoms in total. The number of rotatable bonds is 9. The molecular formula is C25H25F3N2O4S. The minimum atomic E-state index is -4.68. The van der Waals surface area contributed by atoms with Gasteiger partial charge in [0.1, 0.15) is 12.3 Å². The molecule has 3 aromatic rings. The van der Waals surface area contributed by atoms with Gasteiger partial charge < -0.3 is 10.1 Å². The Bertz CT molecular complexity index is 1280. The Morgan fingerprint density at radius 1 is 1.00 bits per heavy atom. The first-order valence-electron chi connectivity index (χ1n) is 10.8. The van der Waals surface area contributed by atoms with Gasteiger partial charge in [-0.2, -0.15) is 13.2 Å². The summed E-state index contributed by atoms with van der Waals surface area (Å²) >= 11 is 0. The van der Waals surface area contributed by atoms with E-state index in [-0.39, 0.29) is 17.1 Å². The maximum atomic E-state index is 13.4. The zero-order valence-corrected chi connectivity index (χ0v) is 20.0. The Morgan fingerprint density at radius 2 is 1.69 bits per heavy atom. The topological polar surface area (TPSA) is 75.7 Å². The molecule has 10 heteroatoms. The number of hydrogen-bond acceptors (Lipinski definition) is 4. The van der Waals surface area contributed by atoms with Gasteiger partial charge in [-0.05, 0) is 50.2 Å². The van der Waals surface area contributed by atoms with Crippen molar-refractivity contribution in [2.24, 2.45) is 0 Å². The summed E-state index contributed by atoms with van der Waals surface area (Å²) in [5.41, 5.74) is 0.186. The van der Waals surface area contributed by atoms with Crippen LogP contribution in [0.3, 0.4) is 0 Å². The molecule has 1 amide bonds. The van der Waals surface area contributed by atoms with Gasteiger partial charge in [-0.3, -0.25) is 9.10 Å². The number of carbonyl (C=O) groups is 1. The molecule has 1 N–H and O–H groups in total. The summed E-state index contributed by atoms with van der Waals surface area (Å²) in [6.07, 6.45) is -4.68. The van der Waals surface area contributed by atoms with Gasteiger partial charge in [0.2, 0.25) is 5.91 Å². The Balaban J connectivity index is 1.92. The van der Waals surface area contributed by atoms with Gasteiger partial charge in [0.05, 0.1) is 22.8 Å². The molecule has 0 bridgehead atoms. The van der Waals surface area contributed by atoms with Crippen LogP contribution in [0.1, 0.15) is 23.6 Å². The second-order valence-corrected chi connectivity index (χ2v) is 9.55. The number of ether oxygens (including phenoxy) is 1. The zero-order valence-electron chi connectivity index (χ0n) is 19.2. The van der Waals surface area contributed by atoms with Crippen LogP contribution in [-0.2, 0) is 27.5 Å². The number of halogens is 3. The van der Waals surface area contributed by atoms with Gasteiger partial charge in [0.25, 0.3) is 10.0 Å². The van der Waals surface area contributed by atoms with E-state index in [9.17, 15) is 26.4 Å². The molecule has 0 atom stereocenters. The highest BCUT2D eigenvalue weighted by Crippen LogP contribution is 2.33. The fourth-order valence-corrected chi connectivity index (χ4v) is 4.73. The van der Waals surface area contributed by atoms with E-state index < -0.39 is 34.2 Å². The summed E-state index contributed by atoms with van der Waals surface area (Å²) in [5.74, 6) is -0.123. The third-order valence-electron chi connectivity index (χ3n) is 5.11. The number of benzene rings is 3. The number of sulfonamides is 1. The SMILES string of the molecule is CCOc1ccccc1CNC(=O)CN(c1cccc(C(F)(F)F)c1)S(=O)(=O)c1ccc(C)cc1. The minimum Gasteiger partial charge on any atom is -0.494 e. The Kier molecular flexibility index (Phi) is 8.06. The van der Waals surface area contributed by atoms with Gasteiger partial charge in [0, 0.05) is 12.1 Å². The third-order valence-corrected chi connectivity index (χ3v) is 6.89. The van der Waals surface area contributed by atoms with Crippen molar-refractivity contribution in [2.45, 2.75) is 31.5 Å². The van der Waals surface area contributed by atoms with E-state index in [0.717, 1.165) is 17.7 Å². The number of nitrogens with zero attached hydrogens (tertiary/aromatic N) is 1. The highest BCUT2D eigenvalue weighted by Gasteiger charge is 2.33. The smallest absolute Gasteiger partial charge is 0.416 e. The summed E-state index contributed by atoms with van der Waals surface area (Å²) < 4.78 is 72.9. The molecule has 0 aromatic heterocycles. The normalized spacial score (nSPS) is 11.7. The summed E-state index contributed by atoms with van der Waals surface area (Å²) in [6.45, 7) is 3.35. The van der Waals surface area contributed by atoms with Crippen molar-refractivity contribution in [1.29, 1.82) is 0 Å². The van der Waals surface area contributed by atoms with Crippen molar-refractivity contribution in [2.75, 3.05) is 17.5 Å². The summed E-state index contributed by atoms with van der Waals surface area (Å²) in [4.78, 5) is 12.7. The quantitative estimate of drug-likeness (QED) is 0.447. The van der Waals surface area contributed by atoms with Crippen molar-refractivity contribution in [3.8, 4) is 5.75 Å². The molecule has 3 aromatic carbocycles. The number of amides is 1. The van der Waals surface area contributed by atoms with Crippen molar-refractivity contribution < 1.29 is 31.1 Å². The Labute approximate surface area is 202 Å².